The molecule has 5 nitrogen and oxygen atoms in total. The van der Waals surface area contributed by atoms with Crippen molar-refractivity contribution < 1.29 is 24.9 Å². The van der Waals surface area contributed by atoms with Crippen LogP contribution in [-0.4, -0.2) is 39.3 Å². The summed E-state index contributed by atoms with van der Waals surface area (Å²) in [6.07, 6.45) is 12.0. The Kier molecular flexibility index (Phi) is 10.3. The number of aliphatic carboxylic acids is 1. The number of aliphatic hydroxyl groups excluding tert-OH is 2. The van der Waals surface area contributed by atoms with Crippen molar-refractivity contribution in [2.45, 2.75) is 76.9 Å². The Morgan fingerprint density at radius 3 is 2.72 bits per heavy atom. The van der Waals surface area contributed by atoms with Crippen molar-refractivity contribution >= 4 is 11.8 Å². The molecular weight excluding hydrogens is 320 g/mol. The van der Waals surface area contributed by atoms with E-state index in [1.54, 1.807) is 12.2 Å². The molecule has 1 aliphatic carbocycles. The molecule has 4 atom stereocenters. The third-order valence-electron chi connectivity index (χ3n) is 4.72. The fourth-order valence-corrected chi connectivity index (χ4v) is 3.27. The second-order valence-electron chi connectivity index (χ2n) is 6.87. The summed E-state index contributed by atoms with van der Waals surface area (Å²) in [6, 6.07) is 0. The van der Waals surface area contributed by atoms with E-state index in [1.165, 1.54) is 0 Å². The van der Waals surface area contributed by atoms with E-state index in [0.29, 0.717) is 19.3 Å². The molecule has 0 unspecified atom stereocenters. The zero-order chi connectivity index (χ0) is 18.7. The van der Waals surface area contributed by atoms with Crippen molar-refractivity contribution in [3.8, 4) is 0 Å². The molecule has 25 heavy (non-hydrogen) atoms. The van der Waals surface area contributed by atoms with Gasteiger partial charge in [0.15, 0.2) is 0 Å². The molecule has 1 aliphatic rings. The van der Waals surface area contributed by atoms with Crippen LogP contribution in [0.25, 0.3) is 0 Å². The highest BCUT2D eigenvalue weighted by Crippen LogP contribution is 2.34. The highest BCUT2D eigenvalue weighted by atomic mass is 16.4. The van der Waals surface area contributed by atoms with E-state index in [2.05, 4.69) is 6.92 Å². The SMILES string of the molecule is CCCCC[C@@H]1[C@H](/C=C/[C@H](O)C/C=C\CCCC(=O)O)C(=O)C[C@@H]1O. The second-order valence-corrected chi connectivity index (χ2v) is 6.87. The van der Waals surface area contributed by atoms with Crippen LogP contribution in [-0.2, 0) is 9.59 Å². The smallest absolute Gasteiger partial charge is 0.303 e. The standard InChI is InChI=1S/C20H32O5/c1-2-3-6-10-16-17(19(23)14-18(16)22)13-12-15(21)9-7-4-5-8-11-20(24)25/h4,7,12-13,15-18,21-22H,2-3,5-6,8-11,14H2,1H3,(H,24,25)/b7-4-,13-12+/t15-,16-,17+,18+/m1/s1. The highest BCUT2D eigenvalue weighted by molar-refractivity contribution is 5.85. The van der Waals surface area contributed by atoms with Crippen molar-refractivity contribution in [1.82, 2.24) is 0 Å². The van der Waals surface area contributed by atoms with Crippen LogP contribution in [0.5, 0.6) is 0 Å². The molecule has 0 amide bonds. The van der Waals surface area contributed by atoms with Gasteiger partial charge in [0.2, 0.25) is 0 Å². The van der Waals surface area contributed by atoms with E-state index in [1.807, 2.05) is 12.2 Å². The molecule has 0 bridgehead atoms. The van der Waals surface area contributed by atoms with Gasteiger partial charge in [0, 0.05) is 18.8 Å². The molecule has 0 heterocycles. The number of carboxylic acids is 1. The van der Waals surface area contributed by atoms with Gasteiger partial charge in [0.25, 0.3) is 0 Å². The lowest BCUT2D eigenvalue weighted by atomic mass is 9.88. The number of carboxylic acid groups (broad SMARTS) is 1. The summed E-state index contributed by atoms with van der Waals surface area (Å²) in [6.45, 7) is 2.12. The Balaban J connectivity index is 2.41. The topological polar surface area (TPSA) is 94.8 Å². The summed E-state index contributed by atoms with van der Waals surface area (Å²) in [5.74, 6) is -1.06. The Labute approximate surface area is 150 Å². The molecule has 5 heteroatoms. The van der Waals surface area contributed by atoms with Gasteiger partial charge in [-0.3, -0.25) is 9.59 Å². The molecule has 0 aliphatic heterocycles. The zero-order valence-electron chi connectivity index (χ0n) is 15.1. The van der Waals surface area contributed by atoms with Crippen LogP contribution >= 0.6 is 0 Å². The quantitative estimate of drug-likeness (QED) is 0.370. The van der Waals surface area contributed by atoms with Gasteiger partial charge in [-0.25, -0.2) is 0 Å². The second kappa shape index (κ2) is 12.0. The average Bonchev–Trinajstić information content (AvgIpc) is 2.82. The number of carbonyl (C=O) groups excluding carboxylic acids is 1. The number of allylic oxidation sites excluding steroid dienone is 2. The third-order valence-corrected chi connectivity index (χ3v) is 4.72. The fourth-order valence-electron chi connectivity index (χ4n) is 3.27. The Morgan fingerprint density at radius 1 is 1.28 bits per heavy atom. The highest BCUT2D eigenvalue weighted by Gasteiger charge is 2.39. The van der Waals surface area contributed by atoms with Gasteiger partial charge >= 0.3 is 5.97 Å². The molecule has 0 spiro atoms. The molecule has 0 aromatic carbocycles. The summed E-state index contributed by atoms with van der Waals surface area (Å²) in [7, 11) is 0. The maximum Gasteiger partial charge on any atom is 0.303 e. The number of hydrogen-bond acceptors (Lipinski definition) is 4. The van der Waals surface area contributed by atoms with E-state index in [0.717, 1.165) is 25.7 Å². The van der Waals surface area contributed by atoms with Gasteiger partial charge < -0.3 is 15.3 Å². The van der Waals surface area contributed by atoms with Crippen molar-refractivity contribution in [2.24, 2.45) is 11.8 Å². The predicted molar refractivity (Wildman–Crippen MR) is 97.1 cm³/mol. The molecular formula is C20H32O5. The number of carbonyl (C=O) groups is 2. The number of rotatable bonds is 12. The first-order valence-corrected chi connectivity index (χ1v) is 9.39. The van der Waals surface area contributed by atoms with Crippen LogP contribution in [0.4, 0.5) is 0 Å². The van der Waals surface area contributed by atoms with Crippen molar-refractivity contribution in [3.63, 3.8) is 0 Å². The molecule has 3 N–H and O–H groups in total. The van der Waals surface area contributed by atoms with Gasteiger partial charge in [-0.15, -0.1) is 0 Å². The molecule has 142 valence electrons. The lowest BCUT2D eigenvalue weighted by molar-refractivity contribution is -0.137. The fraction of sp³-hybridized carbons (Fsp3) is 0.700. The minimum Gasteiger partial charge on any atom is -0.481 e. The summed E-state index contributed by atoms with van der Waals surface area (Å²) < 4.78 is 0. The van der Waals surface area contributed by atoms with Gasteiger partial charge in [-0.05, 0) is 31.6 Å². The van der Waals surface area contributed by atoms with Gasteiger partial charge in [0.1, 0.15) is 5.78 Å². The lowest BCUT2D eigenvalue weighted by Gasteiger charge is -2.18. The van der Waals surface area contributed by atoms with E-state index in [4.69, 9.17) is 5.11 Å². The minimum absolute atomic E-state index is 0.0333. The average molecular weight is 352 g/mol. The summed E-state index contributed by atoms with van der Waals surface area (Å²) >= 11 is 0. The largest absolute Gasteiger partial charge is 0.481 e. The summed E-state index contributed by atoms with van der Waals surface area (Å²) in [4.78, 5) is 22.5. The van der Waals surface area contributed by atoms with Crippen molar-refractivity contribution in [1.29, 1.82) is 0 Å². The third kappa shape index (κ3) is 8.45. The first kappa shape index (κ1) is 21.6. The first-order valence-electron chi connectivity index (χ1n) is 9.39. The number of unbranched alkanes of at least 4 members (excludes halogenated alkanes) is 3. The maximum atomic E-state index is 12.1. The molecule has 0 radical (unpaired) electrons. The van der Waals surface area contributed by atoms with E-state index >= 15 is 0 Å². The number of ketones is 1. The van der Waals surface area contributed by atoms with Gasteiger partial charge in [-0.2, -0.15) is 0 Å². The molecule has 0 saturated heterocycles. The Morgan fingerprint density at radius 2 is 2.04 bits per heavy atom. The predicted octanol–water partition coefficient (Wildman–Crippen LogP) is 3.25. The summed E-state index contributed by atoms with van der Waals surface area (Å²) in [5, 5.41) is 28.6. The van der Waals surface area contributed by atoms with Crippen LogP contribution in [0.2, 0.25) is 0 Å². The van der Waals surface area contributed by atoms with Crippen LogP contribution in [0, 0.1) is 11.8 Å². The van der Waals surface area contributed by atoms with Gasteiger partial charge in [0.05, 0.1) is 12.2 Å². The lowest BCUT2D eigenvalue weighted by Crippen LogP contribution is -2.19. The molecule has 1 fully saturated rings. The van der Waals surface area contributed by atoms with Gasteiger partial charge in [-0.1, -0.05) is 50.5 Å². The van der Waals surface area contributed by atoms with E-state index in [-0.39, 0.29) is 30.5 Å². The maximum absolute atomic E-state index is 12.1. The van der Waals surface area contributed by atoms with Crippen LogP contribution < -0.4 is 0 Å². The zero-order valence-corrected chi connectivity index (χ0v) is 15.1. The number of Topliss-reactive ketones (excluding diaryl/α,β-unsaturated/α-hetero) is 1. The van der Waals surface area contributed by atoms with E-state index in [9.17, 15) is 19.8 Å². The number of hydrogen-bond donors (Lipinski definition) is 3. The Hall–Kier alpha value is -1.46. The Bertz CT molecular complexity index is 469. The van der Waals surface area contributed by atoms with Crippen LogP contribution in [0.3, 0.4) is 0 Å². The molecule has 1 rings (SSSR count). The number of aliphatic hydroxyl groups is 2. The van der Waals surface area contributed by atoms with Crippen molar-refractivity contribution in [3.05, 3.63) is 24.3 Å². The van der Waals surface area contributed by atoms with Crippen LogP contribution in [0.15, 0.2) is 24.3 Å². The van der Waals surface area contributed by atoms with Crippen molar-refractivity contribution in [2.75, 3.05) is 0 Å². The molecule has 0 aromatic rings. The summed E-state index contributed by atoms with van der Waals surface area (Å²) in [5.41, 5.74) is 0. The van der Waals surface area contributed by atoms with Crippen LogP contribution in [0.1, 0.15) is 64.7 Å². The molecule has 0 aromatic heterocycles. The van der Waals surface area contributed by atoms with E-state index < -0.39 is 18.2 Å². The molecule has 1 saturated carbocycles. The monoisotopic (exact) mass is 352 g/mol. The first-order chi connectivity index (χ1) is 12.0. The minimum atomic E-state index is -0.798. The normalized spacial score (nSPS) is 25.2.